The number of aromatic nitrogens is 1. The highest BCUT2D eigenvalue weighted by Gasteiger charge is 2.31. The minimum absolute atomic E-state index is 0.0742. The molecule has 0 radical (unpaired) electrons. The van der Waals surface area contributed by atoms with Gasteiger partial charge in [0.15, 0.2) is 5.76 Å². The maximum Gasteiger partial charge on any atom is 0.217 e. The number of anilines is 1. The number of rotatable bonds is 7. The summed E-state index contributed by atoms with van der Waals surface area (Å²) in [5, 5.41) is 7.00. The maximum absolute atomic E-state index is 11.1. The average Bonchev–Trinajstić information content (AvgIpc) is 3.28. The lowest BCUT2D eigenvalue weighted by Gasteiger charge is -2.40. The number of benzene rings is 1. The zero-order valence-electron chi connectivity index (χ0n) is 15.3. The normalized spacial score (nSPS) is 18.3. The summed E-state index contributed by atoms with van der Waals surface area (Å²) in [6.07, 6.45) is 2.61. The molecule has 2 heterocycles. The van der Waals surface area contributed by atoms with Gasteiger partial charge < -0.3 is 19.5 Å². The van der Waals surface area contributed by atoms with E-state index in [0.29, 0.717) is 11.7 Å². The second-order valence-corrected chi connectivity index (χ2v) is 7.43. The number of carbonyl (C=O) groups excluding carboxylic acids is 1. The van der Waals surface area contributed by atoms with Crippen molar-refractivity contribution in [1.29, 1.82) is 0 Å². The smallest absolute Gasteiger partial charge is 0.217 e. The van der Waals surface area contributed by atoms with E-state index < -0.39 is 0 Å². The molecule has 0 spiro atoms. The number of hydrogen-bond donors (Lipinski definition) is 1. The molecular weight excluding hydrogens is 330 g/mol. The third kappa shape index (κ3) is 3.84. The third-order valence-corrected chi connectivity index (χ3v) is 5.08. The van der Waals surface area contributed by atoms with Crippen LogP contribution in [-0.2, 0) is 4.79 Å². The van der Waals surface area contributed by atoms with Gasteiger partial charge in [0, 0.05) is 37.7 Å². The highest BCUT2D eigenvalue weighted by Crippen LogP contribution is 2.33. The zero-order valence-corrected chi connectivity index (χ0v) is 15.3. The van der Waals surface area contributed by atoms with Crippen molar-refractivity contribution in [1.82, 2.24) is 10.5 Å². The SMILES string of the molecule is CC(=O)N[C@@H](C)c1cc(C2CN(c3ccc(OCC4CC4)cc3)C2)no1. The van der Waals surface area contributed by atoms with Crippen molar-refractivity contribution in [3.8, 4) is 5.75 Å². The van der Waals surface area contributed by atoms with E-state index >= 15 is 0 Å². The number of nitrogens with one attached hydrogen (secondary N) is 1. The van der Waals surface area contributed by atoms with Crippen LogP contribution in [0.1, 0.15) is 50.1 Å². The second kappa shape index (κ2) is 7.02. The largest absolute Gasteiger partial charge is 0.493 e. The van der Waals surface area contributed by atoms with Crippen molar-refractivity contribution < 1.29 is 14.1 Å². The first kappa shape index (κ1) is 16.9. The van der Waals surface area contributed by atoms with Gasteiger partial charge in [-0.3, -0.25) is 4.79 Å². The Morgan fingerprint density at radius 1 is 1.35 bits per heavy atom. The second-order valence-electron chi connectivity index (χ2n) is 7.43. The fourth-order valence-corrected chi connectivity index (χ4v) is 3.20. The van der Waals surface area contributed by atoms with Crippen molar-refractivity contribution in [2.45, 2.75) is 38.6 Å². The van der Waals surface area contributed by atoms with E-state index in [-0.39, 0.29) is 11.9 Å². The van der Waals surface area contributed by atoms with Gasteiger partial charge >= 0.3 is 0 Å². The molecule has 1 amide bonds. The van der Waals surface area contributed by atoms with Crippen molar-refractivity contribution in [3.63, 3.8) is 0 Å². The molecule has 4 rings (SSSR count). The number of amides is 1. The van der Waals surface area contributed by atoms with E-state index in [0.717, 1.165) is 37.1 Å². The maximum atomic E-state index is 11.1. The summed E-state index contributed by atoms with van der Waals surface area (Å²) in [6.45, 7) is 6.08. The van der Waals surface area contributed by atoms with Gasteiger partial charge in [0.25, 0.3) is 0 Å². The van der Waals surface area contributed by atoms with Crippen LogP contribution in [0.5, 0.6) is 5.75 Å². The lowest BCUT2D eigenvalue weighted by molar-refractivity contribution is -0.119. The first-order valence-corrected chi connectivity index (χ1v) is 9.30. The van der Waals surface area contributed by atoms with Crippen LogP contribution in [0, 0.1) is 5.92 Å². The fourth-order valence-electron chi connectivity index (χ4n) is 3.20. The molecule has 1 aromatic heterocycles. The Balaban J connectivity index is 1.29. The molecule has 1 aliphatic heterocycles. The quantitative estimate of drug-likeness (QED) is 0.826. The van der Waals surface area contributed by atoms with Crippen molar-refractivity contribution in [3.05, 3.63) is 41.8 Å². The monoisotopic (exact) mass is 355 g/mol. The Morgan fingerprint density at radius 3 is 2.73 bits per heavy atom. The van der Waals surface area contributed by atoms with Crippen LogP contribution in [0.3, 0.4) is 0 Å². The van der Waals surface area contributed by atoms with E-state index in [4.69, 9.17) is 9.26 Å². The summed E-state index contributed by atoms with van der Waals surface area (Å²) >= 11 is 0. The van der Waals surface area contributed by atoms with Gasteiger partial charge in [-0.2, -0.15) is 0 Å². The molecule has 138 valence electrons. The molecule has 0 bridgehead atoms. The van der Waals surface area contributed by atoms with Crippen LogP contribution < -0.4 is 15.0 Å². The molecule has 2 aliphatic rings. The van der Waals surface area contributed by atoms with Crippen molar-refractivity contribution >= 4 is 11.6 Å². The standard InChI is InChI=1S/C20H25N3O3/c1-13(21-14(2)24)20-9-19(22-26-20)16-10-23(11-16)17-5-7-18(8-6-17)25-12-15-3-4-15/h5-9,13,15-16H,3-4,10-12H2,1-2H3,(H,21,24)/t13-/m0/s1. The van der Waals surface area contributed by atoms with Gasteiger partial charge in [-0.1, -0.05) is 5.16 Å². The van der Waals surface area contributed by atoms with Crippen LogP contribution in [0.4, 0.5) is 5.69 Å². The molecule has 2 aromatic rings. The molecule has 2 fully saturated rings. The van der Waals surface area contributed by atoms with Gasteiger partial charge in [0.2, 0.25) is 5.91 Å². The van der Waals surface area contributed by atoms with Gasteiger partial charge in [-0.25, -0.2) is 0 Å². The summed E-state index contributed by atoms with van der Waals surface area (Å²) in [6, 6.07) is 10.1. The zero-order chi connectivity index (χ0) is 18.1. The van der Waals surface area contributed by atoms with Crippen LogP contribution in [0.25, 0.3) is 0 Å². The Labute approximate surface area is 153 Å². The lowest BCUT2D eigenvalue weighted by Crippen LogP contribution is -2.45. The molecular formula is C20H25N3O3. The predicted octanol–water partition coefficient (Wildman–Crippen LogP) is 3.26. The molecule has 1 aromatic carbocycles. The summed E-state index contributed by atoms with van der Waals surface area (Å²) < 4.78 is 11.2. The van der Waals surface area contributed by atoms with E-state index in [9.17, 15) is 4.79 Å². The molecule has 6 heteroatoms. The van der Waals surface area contributed by atoms with E-state index in [1.165, 1.54) is 25.5 Å². The van der Waals surface area contributed by atoms with E-state index in [1.807, 2.05) is 25.1 Å². The van der Waals surface area contributed by atoms with Crippen molar-refractivity contribution in [2.75, 3.05) is 24.6 Å². The Hall–Kier alpha value is -2.50. The summed E-state index contributed by atoms with van der Waals surface area (Å²) in [5.41, 5.74) is 2.16. The molecule has 1 aliphatic carbocycles. The predicted molar refractivity (Wildman–Crippen MR) is 98.3 cm³/mol. The number of nitrogens with zero attached hydrogens (tertiary/aromatic N) is 2. The molecule has 1 saturated carbocycles. The van der Waals surface area contributed by atoms with Gasteiger partial charge in [-0.05, 0) is 49.9 Å². The van der Waals surface area contributed by atoms with E-state index in [1.54, 1.807) is 0 Å². The molecule has 6 nitrogen and oxygen atoms in total. The Kier molecular flexibility index (Phi) is 4.57. The molecule has 0 unspecified atom stereocenters. The first-order valence-electron chi connectivity index (χ1n) is 9.30. The van der Waals surface area contributed by atoms with Crippen LogP contribution >= 0.6 is 0 Å². The summed E-state index contributed by atoms with van der Waals surface area (Å²) in [7, 11) is 0. The number of hydrogen-bond acceptors (Lipinski definition) is 5. The number of carbonyl (C=O) groups is 1. The molecule has 1 saturated heterocycles. The fraction of sp³-hybridized carbons (Fsp3) is 0.500. The highest BCUT2D eigenvalue weighted by atomic mass is 16.5. The van der Waals surface area contributed by atoms with Crippen LogP contribution in [0.15, 0.2) is 34.9 Å². The third-order valence-electron chi connectivity index (χ3n) is 5.08. The minimum Gasteiger partial charge on any atom is -0.493 e. The van der Waals surface area contributed by atoms with E-state index in [2.05, 4.69) is 27.5 Å². The summed E-state index contributed by atoms with van der Waals surface area (Å²) in [4.78, 5) is 13.5. The molecule has 26 heavy (non-hydrogen) atoms. The van der Waals surface area contributed by atoms with Crippen molar-refractivity contribution in [2.24, 2.45) is 5.92 Å². The summed E-state index contributed by atoms with van der Waals surface area (Å²) in [5.74, 6) is 2.71. The van der Waals surface area contributed by atoms with Gasteiger partial charge in [-0.15, -0.1) is 0 Å². The molecule has 1 atom stereocenters. The lowest BCUT2D eigenvalue weighted by atomic mass is 9.95. The Morgan fingerprint density at radius 2 is 2.08 bits per heavy atom. The molecule has 1 N–H and O–H groups in total. The van der Waals surface area contributed by atoms with Crippen LogP contribution in [-0.4, -0.2) is 30.8 Å². The highest BCUT2D eigenvalue weighted by molar-refractivity contribution is 5.73. The topological polar surface area (TPSA) is 67.6 Å². The Bertz CT molecular complexity index is 761. The average molecular weight is 355 g/mol. The van der Waals surface area contributed by atoms with Gasteiger partial charge in [0.1, 0.15) is 5.75 Å². The minimum atomic E-state index is -0.159. The van der Waals surface area contributed by atoms with Crippen LogP contribution in [0.2, 0.25) is 0 Å². The first-order chi connectivity index (χ1) is 12.6. The van der Waals surface area contributed by atoms with Gasteiger partial charge in [0.05, 0.1) is 18.3 Å². The number of ether oxygens (including phenoxy) is 1.